The predicted molar refractivity (Wildman–Crippen MR) is 133 cm³/mol. The van der Waals surface area contributed by atoms with Gasteiger partial charge in [0, 0.05) is 37.6 Å². The summed E-state index contributed by atoms with van der Waals surface area (Å²) in [6, 6.07) is 14.3. The fraction of sp³-hybridized carbons (Fsp3) is 0.269. The lowest BCUT2D eigenvalue weighted by atomic mass is 9.97. The van der Waals surface area contributed by atoms with Gasteiger partial charge in [0.2, 0.25) is 5.91 Å². The third-order valence-electron chi connectivity index (χ3n) is 6.28. The van der Waals surface area contributed by atoms with E-state index in [1.807, 2.05) is 41.0 Å². The molecule has 1 aliphatic heterocycles. The predicted octanol–water partition coefficient (Wildman–Crippen LogP) is 4.73. The molecule has 2 aromatic carbocycles. The van der Waals surface area contributed by atoms with Crippen molar-refractivity contribution in [3.8, 4) is 17.0 Å². The highest BCUT2D eigenvalue weighted by Crippen LogP contribution is 2.29. The number of nitrogens with zero attached hydrogens (tertiary/aromatic N) is 4. The van der Waals surface area contributed by atoms with Crippen LogP contribution in [-0.4, -0.2) is 40.7 Å². The number of amides is 1. The van der Waals surface area contributed by atoms with Crippen molar-refractivity contribution in [1.82, 2.24) is 19.9 Å². The second-order valence-electron chi connectivity index (χ2n) is 8.59. The zero-order valence-corrected chi connectivity index (χ0v) is 20.0. The van der Waals surface area contributed by atoms with Crippen LogP contribution in [0.5, 0.6) is 5.75 Å². The Hall–Kier alpha value is -3.65. The van der Waals surface area contributed by atoms with E-state index in [-0.39, 0.29) is 16.8 Å². The Morgan fingerprint density at radius 3 is 2.97 bits per heavy atom. The van der Waals surface area contributed by atoms with Crippen molar-refractivity contribution in [3.63, 3.8) is 0 Å². The topological polar surface area (TPSA) is 71.8 Å². The normalized spacial score (nSPS) is 15.9. The second kappa shape index (κ2) is 9.92. The van der Waals surface area contributed by atoms with Gasteiger partial charge in [0.15, 0.2) is 5.82 Å². The first-order chi connectivity index (χ1) is 17.0. The first kappa shape index (κ1) is 23.1. The number of piperidine rings is 1. The van der Waals surface area contributed by atoms with E-state index < -0.39 is 5.82 Å². The summed E-state index contributed by atoms with van der Waals surface area (Å²) < 4.78 is 20.6. The van der Waals surface area contributed by atoms with Gasteiger partial charge in [-0.1, -0.05) is 29.8 Å². The minimum Gasteiger partial charge on any atom is -0.497 e. The number of carbonyl (C=O) groups excluding carboxylic acids is 1. The van der Waals surface area contributed by atoms with Crippen LogP contribution in [0, 0.1) is 11.7 Å². The molecule has 0 spiro atoms. The van der Waals surface area contributed by atoms with Gasteiger partial charge < -0.3 is 15.0 Å². The highest BCUT2D eigenvalue weighted by molar-refractivity contribution is 6.30. The third kappa shape index (κ3) is 4.93. The molecule has 4 aromatic rings. The molecule has 5 rings (SSSR count). The standard InChI is InChI=1S/C26H25ClFN5O2/c1-35-20-6-2-4-18(13-20)23-14-24-25(29-9-11-33(24)31-23)32-10-3-5-19(16-32)26(34)30-15-17-7-8-22(28)21(27)12-17/h2,4,6-9,11-14,19H,3,5,10,15-16H2,1H3,(H,30,34)/t19-/m1/s1. The van der Waals surface area contributed by atoms with E-state index in [4.69, 9.17) is 21.4 Å². The van der Waals surface area contributed by atoms with Crippen molar-refractivity contribution in [2.75, 3.05) is 25.1 Å². The average molecular weight is 494 g/mol. The average Bonchev–Trinajstić information content (AvgIpc) is 3.34. The van der Waals surface area contributed by atoms with Gasteiger partial charge in [-0.05, 0) is 48.7 Å². The fourth-order valence-corrected chi connectivity index (χ4v) is 4.65. The molecule has 1 atom stereocenters. The molecule has 1 aliphatic rings. The van der Waals surface area contributed by atoms with Crippen LogP contribution in [0.15, 0.2) is 60.9 Å². The summed E-state index contributed by atoms with van der Waals surface area (Å²) in [7, 11) is 1.64. The molecule has 7 nitrogen and oxygen atoms in total. The molecule has 2 aromatic heterocycles. The number of anilines is 1. The second-order valence-corrected chi connectivity index (χ2v) is 9.00. The summed E-state index contributed by atoms with van der Waals surface area (Å²) in [5.74, 6) is 0.888. The van der Waals surface area contributed by atoms with E-state index in [0.29, 0.717) is 13.1 Å². The summed E-state index contributed by atoms with van der Waals surface area (Å²) in [5.41, 5.74) is 3.42. The van der Waals surface area contributed by atoms with Crippen molar-refractivity contribution in [2.24, 2.45) is 5.92 Å². The Balaban J connectivity index is 1.32. The van der Waals surface area contributed by atoms with Gasteiger partial charge in [-0.15, -0.1) is 0 Å². The Morgan fingerprint density at radius 2 is 2.14 bits per heavy atom. The molecule has 0 aliphatic carbocycles. The van der Waals surface area contributed by atoms with E-state index >= 15 is 0 Å². The van der Waals surface area contributed by atoms with Gasteiger partial charge in [0.1, 0.15) is 17.1 Å². The van der Waals surface area contributed by atoms with Crippen molar-refractivity contribution in [2.45, 2.75) is 19.4 Å². The van der Waals surface area contributed by atoms with Crippen LogP contribution in [0.1, 0.15) is 18.4 Å². The number of fused-ring (bicyclic) bond motifs is 1. The molecule has 0 radical (unpaired) electrons. The summed E-state index contributed by atoms with van der Waals surface area (Å²) >= 11 is 5.85. The molecule has 0 unspecified atom stereocenters. The number of halogens is 2. The van der Waals surface area contributed by atoms with Gasteiger partial charge in [0.25, 0.3) is 0 Å². The number of carbonyl (C=O) groups is 1. The van der Waals surface area contributed by atoms with Crippen LogP contribution in [0.4, 0.5) is 10.2 Å². The van der Waals surface area contributed by atoms with E-state index in [1.165, 1.54) is 12.1 Å². The van der Waals surface area contributed by atoms with Gasteiger partial charge >= 0.3 is 0 Å². The smallest absolute Gasteiger partial charge is 0.225 e. The molecule has 1 saturated heterocycles. The number of aromatic nitrogens is 3. The third-order valence-corrected chi connectivity index (χ3v) is 6.57. The first-order valence-electron chi connectivity index (χ1n) is 11.5. The monoisotopic (exact) mass is 493 g/mol. The summed E-state index contributed by atoms with van der Waals surface area (Å²) in [5, 5.41) is 7.74. The van der Waals surface area contributed by atoms with Gasteiger partial charge in [-0.25, -0.2) is 13.9 Å². The van der Waals surface area contributed by atoms with Crippen LogP contribution < -0.4 is 15.0 Å². The molecule has 3 heterocycles. The molecule has 1 N–H and O–H groups in total. The summed E-state index contributed by atoms with van der Waals surface area (Å²) in [4.78, 5) is 19.7. The fourth-order valence-electron chi connectivity index (χ4n) is 4.44. The molecular weight excluding hydrogens is 469 g/mol. The van der Waals surface area contributed by atoms with Gasteiger partial charge in [-0.2, -0.15) is 5.10 Å². The maximum atomic E-state index is 13.4. The highest BCUT2D eigenvalue weighted by atomic mass is 35.5. The van der Waals surface area contributed by atoms with Crippen LogP contribution in [-0.2, 0) is 11.3 Å². The number of hydrogen-bond acceptors (Lipinski definition) is 5. The van der Waals surface area contributed by atoms with E-state index in [1.54, 1.807) is 19.4 Å². The summed E-state index contributed by atoms with van der Waals surface area (Å²) in [6.07, 6.45) is 5.22. The van der Waals surface area contributed by atoms with E-state index in [2.05, 4.69) is 15.2 Å². The Morgan fingerprint density at radius 1 is 1.26 bits per heavy atom. The van der Waals surface area contributed by atoms with Crippen LogP contribution in [0.25, 0.3) is 16.8 Å². The molecular formula is C26H25ClFN5O2. The maximum absolute atomic E-state index is 13.4. The van der Waals surface area contributed by atoms with Crippen molar-refractivity contribution >= 4 is 28.8 Å². The number of hydrogen-bond donors (Lipinski definition) is 1. The molecule has 1 fully saturated rings. The molecule has 35 heavy (non-hydrogen) atoms. The molecule has 180 valence electrons. The minimum atomic E-state index is -0.472. The number of methoxy groups -OCH3 is 1. The van der Waals surface area contributed by atoms with Crippen LogP contribution >= 0.6 is 11.6 Å². The maximum Gasteiger partial charge on any atom is 0.225 e. The summed E-state index contributed by atoms with van der Waals surface area (Å²) in [6.45, 7) is 1.67. The molecule has 1 amide bonds. The Kier molecular flexibility index (Phi) is 6.55. The molecule has 9 heteroatoms. The zero-order chi connectivity index (χ0) is 24.4. The number of ether oxygens (including phenoxy) is 1. The molecule has 0 bridgehead atoms. The molecule has 0 saturated carbocycles. The van der Waals surface area contributed by atoms with E-state index in [0.717, 1.165) is 53.3 Å². The lowest BCUT2D eigenvalue weighted by Gasteiger charge is -2.33. The zero-order valence-electron chi connectivity index (χ0n) is 19.2. The first-order valence-corrected chi connectivity index (χ1v) is 11.8. The number of nitrogens with one attached hydrogen (secondary N) is 1. The van der Waals surface area contributed by atoms with Crippen LogP contribution in [0.2, 0.25) is 5.02 Å². The quantitative estimate of drug-likeness (QED) is 0.420. The number of rotatable bonds is 6. The van der Waals surface area contributed by atoms with E-state index in [9.17, 15) is 9.18 Å². The van der Waals surface area contributed by atoms with Crippen LogP contribution in [0.3, 0.4) is 0 Å². The lowest BCUT2D eigenvalue weighted by Crippen LogP contribution is -2.43. The van der Waals surface area contributed by atoms with Crippen molar-refractivity contribution in [1.29, 1.82) is 0 Å². The Labute approximate surface area is 207 Å². The number of benzene rings is 2. The SMILES string of the molecule is COc1cccc(-c2cc3c(N4CCC[C@@H](C(=O)NCc5ccc(F)c(Cl)c5)C4)nccn3n2)c1. The Bertz CT molecular complexity index is 1380. The van der Waals surface area contributed by atoms with Crippen molar-refractivity contribution in [3.05, 3.63) is 77.3 Å². The van der Waals surface area contributed by atoms with Crippen molar-refractivity contribution < 1.29 is 13.9 Å². The highest BCUT2D eigenvalue weighted by Gasteiger charge is 2.28. The lowest BCUT2D eigenvalue weighted by molar-refractivity contribution is -0.125. The van der Waals surface area contributed by atoms with Gasteiger partial charge in [0.05, 0.1) is 23.7 Å². The van der Waals surface area contributed by atoms with Gasteiger partial charge in [-0.3, -0.25) is 4.79 Å². The minimum absolute atomic E-state index is 0.0346. The largest absolute Gasteiger partial charge is 0.497 e.